The van der Waals surface area contributed by atoms with E-state index >= 15 is 0 Å². The predicted octanol–water partition coefficient (Wildman–Crippen LogP) is 3.13. The van der Waals surface area contributed by atoms with Crippen LogP contribution in [-0.2, 0) is 6.54 Å². The molecule has 0 aromatic heterocycles. The second-order valence-corrected chi connectivity index (χ2v) is 5.48. The van der Waals surface area contributed by atoms with E-state index in [-0.39, 0.29) is 0 Å². The van der Waals surface area contributed by atoms with Crippen molar-refractivity contribution in [3.63, 3.8) is 0 Å². The van der Waals surface area contributed by atoms with Gasteiger partial charge in [0, 0.05) is 13.1 Å². The first-order chi connectivity index (χ1) is 8.30. The van der Waals surface area contributed by atoms with Gasteiger partial charge in [0.15, 0.2) is 0 Å². The Bertz CT molecular complexity index is 436. The lowest BCUT2D eigenvalue weighted by atomic mass is 10.1. The normalized spacial score (nSPS) is 11.3. The van der Waals surface area contributed by atoms with Crippen LogP contribution in [0.3, 0.4) is 0 Å². The summed E-state index contributed by atoms with van der Waals surface area (Å²) in [5.41, 5.74) is 0.470. The number of carbonyl (C=O) groups is 1. The molecule has 0 heterocycles. The van der Waals surface area contributed by atoms with Gasteiger partial charge in [-0.3, -0.25) is 0 Å². The fourth-order valence-corrected chi connectivity index (χ4v) is 1.82. The molecule has 100 valence electrons. The van der Waals surface area contributed by atoms with Crippen LogP contribution in [0.5, 0.6) is 0 Å². The molecule has 0 aliphatic heterocycles. The molecule has 18 heavy (non-hydrogen) atoms. The second-order valence-electron chi connectivity index (χ2n) is 4.67. The lowest BCUT2D eigenvalue weighted by Crippen LogP contribution is -2.49. The molecule has 1 amide bonds. The van der Waals surface area contributed by atoms with Crippen molar-refractivity contribution in [2.75, 3.05) is 6.54 Å². The first kappa shape index (κ1) is 15.1. The summed E-state index contributed by atoms with van der Waals surface area (Å²) in [5.74, 6) is 0. The van der Waals surface area contributed by atoms with Gasteiger partial charge in [0.05, 0.1) is 15.6 Å². The van der Waals surface area contributed by atoms with E-state index in [1.165, 1.54) is 0 Å². The fraction of sp³-hybridized carbons (Fsp3) is 0.417. The summed E-state index contributed by atoms with van der Waals surface area (Å²) in [6, 6.07) is 5.40. The van der Waals surface area contributed by atoms with E-state index in [1.807, 2.05) is 19.9 Å². The molecule has 6 heteroatoms. The van der Waals surface area contributed by atoms with Crippen LogP contribution in [0.1, 0.15) is 19.4 Å². The molecule has 4 nitrogen and oxygen atoms in total. The zero-order valence-corrected chi connectivity index (χ0v) is 11.8. The third kappa shape index (κ3) is 5.12. The molecule has 1 rings (SSSR count). The Hall–Kier alpha value is -0.970. The van der Waals surface area contributed by atoms with Crippen LogP contribution in [0, 0.1) is 0 Å². The number of nitrogens with one attached hydrogen (secondary N) is 2. The summed E-state index contributed by atoms with van der Waals surface area (Å²) in [5, 5.41) is 15.3. The van der Waals surface area contributed by atoms with Gasteiger partial charge in [0.25, 0.3) is 0 Å². The highest BCUT2D eigenvalue weighted by Gasteiger charge is 2.19. The van der Waals surface area contributed by atoms with Gasteiger partial charge in [0.1, 0.15) is 0 Å². The van der Waals surface area contributed by atoms with Crippen LogP contribution in [0.25, 0.3) is 0 Å². The van der Waals surface area contributed by atoms with Gasteiger partial charge in [0.2, 0.25) is 0 Å². The van der Waals surface area contributed by atoms with Gasteiger partial charge in [-0.15, -0.1) is 0 Å². The number of hydrogen-bond donors (Lipinski definition) is 3. The number of halogens is 2. The van der Waals surface area contributed by atoms with Gasteiger partial charge < -0.3 is 15.7 Å². The highest BCUT2D eigenvalue weighted by Crippen LogP contribution is 2.22. The summed E-state index contributed by atoms with van der Waals surface area (Å²) in [6.45, 7) is 4.73. The van der Waals surface area contributed by atoms with Gasteiger partial charge in [-0.25, -0.2) is 4.79 Å². The maximum atomic E-state index is 10.6. The molecule has 0 saturated heterocycles. The van der Waals surface area contributed by atoms with E-state index in [4.69, 9.17) is 28.3 Å². The topological polar surface area (TPSA) is 61.4 Å². The minimum absolute atomic E-state index is 0.513. The molecule has 3 N–H and O–H groups in total. The fourth-order valence-electron chi connectivity index (χ4n) is 1.50. The van der Waals surface area contributed by atoms with Crippen LogP contribution in [0.2, 0.25) is 10.0 Å². The summed E-state index contributed by atoms with van der Waals surface area (Å²) in [7, 11) is 0. The number of rotatable bonds is 5. The Labute approximate surface area is 116 Å². The molecular formula is C12H16Cl2N2O2. The molecule has 0 aliphatic rings. The summed E-state index contributed by atoms with van der Waals surface area (Å²) in [6.07, 6.45) is -1.03. The van der Waals surface area contributed by atoms with Crippen molar-refractivity contribution in [2.24, 2.45) is 0 Å². The molecule has 0 atom stereocenters. The standard InChI is InChI=1S/C12H16Cl2N2O2/c1-12(2,16-11(17)18)7-15-6-8-3-4-9(13)10(14)5-8/h3-5,15-16H,6-7H2,1-2H3,(H,17,18). The summed E-state index contributed by atoms with van der Waals surface area (Å²) < 4.78 is 0. The Morgan fingerprint density at radius 3 is 2.56 bits per heavy atom. The van der Waals surface area contributed by atoms with Crippen LogP contribution >= 0.6 is 23.2 Å². The Morgan fingerprint density at radius 2 is 2.00 bits per heavy atom. The zero-order valence-electron chi connectivity index (χ0n) is 10.3. The van der Waals surface area contributed by atoms with Crippen LogP contribution in [-0.4, -0.2) is 23.3 Å². The molecule has 1 aromatic rings. The van der Waals surface area contributed by atoms with E-state index in [0.29, 0.717) is 23.1 Å². The average Bonchev–Trinajstić information content (AvgIpc) is 2.21. The molecule has 1 aromatic carbocycles. The van der Waals surface area contributed by atoms with E-state index in [2.05, 4.69) is 10.6 Å². The molecular weight excluding hydrogens is 275 g/mol. The molecule has 0 bridgehead atoms. The highest BCUT2D eigenvalue weighted by molar-refractivity contribution is 6.42. The van der Waals surface area contributed by atoms with Gasteiger partial charge in [-0.05, 0) is 31.5 Å². The minimum atomic E-state index is -1.03. The SMILES string of the molecule is CC(C)(CNCc1ccc(Cl)c(Cl)c1)NC(=O)O. The molecule has 0 unspecified atom stereocenters. The number of hydrogen-bond acceptors (Lipinski definition) is 2. The molecule has 0 radical (unpaired) electrons. The number of amides is 1. The smallest absolute Gasteiger partial charge is 0.405 e. The van der Waals surface area contributed by atoms with Crippen molar-refractivity contribution in [3.05, 3.63) is 33.8 Å². The Balaban J connectivity index is 2.46. The average molecular weight is 291 g/mol. The lowest BCUT2D eigenvalue weighted by Gasteiger charge is -2.24. The maximum Gasteiger partial charge on any atom is 0.405 e. The second kappa shape index (κ2) is 6.27. The van der Waals surface area contributed by atoms with Crippen molar-refractivity contribution < 1.29 is 9.90 Å². The van der Waals surface area contributed by atoms with Crippen LogP contribution in [0.4, 0.5) is 4.79 Å². The van der Waals surface area contributed by atoms with Crippen molar-refractivity contribution in [1.82, 2.24) is 10.6 Å². The van der Waals surface area contributed by atoms with Crippen molar-refractivity contribution in [1.29, 1.82) is 0 Å². The number of carboxylic acid groups (broad SMARTS) is 1. The first-order valence-electron chi connectivity index (χ1n) is 5.46. The summed E-state index contributed by atoms with van der Waals surface area (Å²) >= 11 is 11.7. The maximum absolute atomic E-state index is 10.6. The van der Waals surface area contributed by atoms with E-state index in [9.17, 15) is 4.79 Å². The largest absolute Gasteiger partial charge is 0.465 e. The van der Waals surface area contributed by atoms with Crippen LogP contribution < -0.4 is 10.6 Å². The van der Waals surface area contributed by atoms with E-state index in [0.717, 1.165) is 5.56 Å². The molecule has 0 spiro atoms. The minimum Gasteiger partial charge on any atom is -0.465 e. The monoisotopic (exact) mass is 290 g/mol. The Morgan fingerprint density at radius 1 is 1.33 bits per heavy atom. The Kier molecular flexibility index (Phi) is 5.26. The molecule has 0 saturated carbocycles. The molecule has 0 fully saturated rings. The first-order valence-corrected chi connectivity index (χ1v) is 6.21. The quantitative estimate of drug-likeness (QED) is 0.781. The zero-order chi connectivity index (χ0) is 13.8. The summed E-state index contributed by atoms with van der Waals surface area (Å²) in [4.78, 5) is 10.6. The van der Waals surface area contributed by atoms with Gasteiger partial charge in [-0.2, -0.15) is 0 Å². The van der Waals surface area contributed by atoms with Crippen molar-refractivity contribution in [2.45, 2.75) is 25.9 Å². The van der Waals surface area contributed by atoms with Gasteiger partial charge >= 0.3 is 6.09 Å². The van der Waals surface area contributed by atoms with Crippen LogP contribution in [0.15, 0.2) is 18.2 Å². The third-order valence-electron chi connectivity index (χ3n) is 2.33. The lowest BCUT2D eigenvalue weighted by molar-refractivity contribution is 0.181. The highest BCUT2D eigenvalue weighted by atomic mass is 35.5. The molecule has 0 aliphatic carbocycles. The van der Waals surface area contributed by atoms with E-state index in [1.54, 1.807) is 12.1 Å². The van der Waals surface area contributed by atoms with Crippen molar-refractivity contribution in [3.8, 4) is 0 Å². The van der Waals surface area contributed by atoms with Gasteiger partial charge in [-0.1, -0.05) is 29.3 Å². The third-order valence-corrected chi connectivity index (χ3v) is 3.06. The van der Waals surface area contributed by atoms with E-state index < -0.39 is 11.6 Å². The van der Waals surface area contributed by atoms with Crippen molar-refractivity contribution >= 4 is 29.3 Å². The predicted molar refractivity (Wildman–Crippen MR) is 73.4 cm³/mol. The number of benzene rings is 1.